The first-order valence-electron chi connectivity index (χ1n) is 6.17. The number of carbonyl (C=O) groups is 1. The van der Waals surface area contributed by atoms with Crippen LogP contribution in [-0.4, -0.2) is 12.4 Å². The van der Waals surface area contributed by atoms with Gasteiger partial charge in [-0.05, 0) is 44.4 Å². The summed E-state index contributed by atoms with van der Waals surface area (Å²) in [6, 6.07) is 5.86. The van der Waals surface area contributed by atoms with Gasteiger partial charge >= 0.3 is 0 Å². The first kappa shape index (κ1) is 11.9. The highest BCUT2D eigenvalue weighted by atomic mass is 16.5. The summed E-state index contributed by atoms with van der Waals surface area (Å²) in [5.41, 5.74) is 2.01. The van der Waals surface area contributed by atoms with Crippen molar-refractivity contribution in [2.24, 2.45) is 5.92 Å². The summed E-state index contributed by atoms with van der Waals surface area (Å²) in [6.07, 6.45) is 5.78. The van der Waals surface area contributed by atoms with Crippen molar-refractivity contribution in [3.8, 4) is 5.75 Å². The second kappa shape index (κ2) is 5.17. The Labute approximate surface area is 102 Å². The van der Waals surface area contributed by atoms with Crippen molar-refractivity contribution in [3.63, 3.8) is 0 Å². The van der Waals surface area contributed by atoms with Gasteiger partial charge in [0, 0.05) is 11.5 Å². The highest BCUT2D eigenvalue weighted by molar-refractivity contribution is 6.02. The Morgan fingerprint density at radius 3 is 3.00 bits per heavy atom. The molecule has 1 atom stereocenters. The van der Waals surface area contributed by atoms with Gasteiger partial charge in [0.25, 0.3) is 0 Å². The molecule has 0 saturated heterocycles. The summed E-state index contributed by atoms with van der Waals surface area (Å²) in [7, 11) is 0. The van der Waals surface area contributed by atoms with Crippen molar-refractivity contribution in [1.82, 2.24) is 0 Å². The van der Waals surface area contributed by atoms with E-state index in [4.69, 9.17) is 4.74 Å². The largest absolute Gasteiger partial charge is 0.494 e. The SMILES string of the molecule is CC=CCC1Cc2ccc(OCC)cc2C1=O. The molecular formula is C15H18O2. The maximum absolute atomic E-state index is 12.2. The van der Waals surface area contributed by atoms with Crippen LogP contribution in [0.25, 0.3) is 0 Å². The van der Waals surface area contributed by atoms with Crippen LogP contribution in [0, 0.1) is 5.92 Å². The molecule has 1 aliphatic rings. The normalized spacial score (nSPS) is 18.7. The second-order valence-electron chi connectivity index (χ2n) is 4.32. The molecule has 2 nitrogen and oxygen atoms in total. The maximum Gasteiger partial charge on any atom is 0.166 e. The van der Waals surface area contributed by atoms with Crippen LogP contribution in [0.5, 0.6) is 5.75 Å². The van der Waals surface area contributed by atoms with Crippen LogP contribution in [0.3, 0.4) is 0 Å². The Kier molecular flexibility index (Phi) is 3.62. The molecule has 0 N–H and O–H groups in total. The average Bonchev–Trinajstić information content (AvgIpc) is 2.64. The Balaban J connectivity index is 2.20. The van der Waals surface area contributed by atoms with Crippen LogP contribution < -0.4 is 4.74 Å². The van der Waals surface area contributed by atoms with Crippen molar-refractivity contribution in [2.75, 3.05) is 6.61 Å². The number of hydrogen-bond acceptors (Lipinski definition) is 2. The quantitative estimate of drug-likeness (QED) is 0.741. The van der Waals surface area contributed by atoms with E-state index in [0.29, 0.717) is 6.61 Å². The highest BCUT2D eigenvalue weighted by Gasteiger charge is 2.29. The molecule has 0 fully saturated rings. The van der Waals surface area contributed by atoms with Gasteiger partial charge in [-0.3, -0.25) is 4.79 Å². The number of hydrogen-bond donors (Lipinski definition) is 0. The van der Waals surface area contributed by atoms with E-state index in [0.717, 1.165) is 29.7 Å². The van der Waals surface area contributed by atoms with Crippen molar-refractivity contribution in [2.45, 2.75) is 26.7 Å². The molecule has 0 aromatic heterocycles. The molecular weight excluding hydrogens is 212 g/mol. The first-order valence-corrected chi connectivity index (χ1v) is 6.17. The first-order chi connectivity index (χ1) is 8.26. The highest BCUT2D eigenvalue weighted by Crippen LogP contribution is 2.31. The van der Waals surface area contributed by atoms with Gasteiger partial charge in [0.05, 0.1) is 6.61 Å². The van der Waals surface area contributed by atoms with E-state index in [1.807, 2.05) is 38.1 Å². The molecule has 2 rings (SSSR count). The molecule has 2 heteroatoms. The topological polar surface area (TPSA) is 26.3 Å². The lowest BCUT2D eigenvalue weighted by atomic mass is 10.0. The van der Waals surface area contributed by atoms with Gasteiger partial charge in [-0.15, -0.1) is 0 Å². The molecule has 0 heterocycles. The van der Waals surface area contributed by atoms with Gasteiger partial charge in [-0.25, -0.2) is 0 Å². The van der Waals surface area contributed by atoms with Gasteiger partial charge in [0.2, 0.25) is 0 Å². The number of Topliss-reactive ketones (excluding diaryl/α,β-unsaturated/α-hetero) is 1. The lowest BCUT2D eigenvalue weighted by Crippen LogP contribution is -2.07. The van der Waals surface area contributed by atoms with Crippen molar-refractivity contribution in [3.05, 3.63) is 41.5 Å². The van der Waals surface area contributed by atoms with Crippen molar-refractivity contribution in [1.29, 1.82) is 0 Å². The van der Waals surface area contributed by atoms with Crippen LogP contribution in [0.2, 0.25) is 0 Å². The third-order valence-corrected chi connectivity index (χ3v) is 3.15. The van der Waals surface area contributed by atoms with Crippen LogP contribution in [0.1, 0.15) is 36.2 Å². The zero-order valence-electron chi connectivity index (χ0n) is 10.4. The fourth-order valence-electron chi connectivity index (χ4n) is 2.29. The number of ether oxygens (including phenoxy) is 1. The van der Waals surface area contributed by atoms with Crippen LogP contribution in [0.15, 0.2) is 30.4 Å². The standard InChI is InChI=1S/C15H18O2/c1-3-5-6-12-9-11-7-8-13(17-4-2)10-14(11)15(12)16/h3,5,7-8,10,12H,4,6,9H2,1-2H3. The third kappa shape index (κ3) is 2.41. The number of benzene rings is 1. The van der Waals surface area contributed by atoms with E-state index < -0.39 is 0 Å². The molecule has 0 aliphatic heterocycles. The zero-order valence-corrected chi connectivity index (χ0v) is 10.4. The van der Waals surface area contributed by atoms with Crippen LogP contribution in [0.4, 0.5) is 0 Å². The zero-order chi connectivity index (χ0) is 12.3. The number of allylic oxidation sites excluding steroid dienone is 2. The van der Waals surface area contributed by atoms with Gasteiger partial charge in [0.1, 0.15) is 5.75 Å². The van der Waals surface area contributed by atoms with Gasteiger partial charge < -0.3 is 4.74 Å². The smallest absolute Gasteiger partial charge is 0.166 e. The van der Waals surface area contributed by atoms with Crippen LogP contribution in [-0.2, 0) is 6.42 Å². The van der Waals surface area contributed by atoms with Gasteiger partial charge in [-0.2, -0.15) is 0 Å². The summed E-state index contributed by atoms with van der Waals surface area (Å²) in [6.45, 7) is 4.57. The Morgan fingerprint density at radius 1 is 1.47 bits per heavy atom. The lowest BCUT2D eigenvalue weighted by molar-refractivity contribution is 0.0937. The average molecular weight is 230 g/mol. The molecule has 90 valence electrons. The molecule has 0 amide bonds. The van der Waals surface area contributed by atoms with Crippen molar-refractivity contribution >= 4 is 5.78 Å². The van der Waals surface area contributed by atoms with E-state index in [1.54, 1.807) is 0 Å². The number of fused-ring (bicyclic) bond motifs is 1. The Morgan fingerprint density at radius 2 is 2.29 bits per heavy atom. The lowest BCUT2D eigenvalue weighted by Gasteiger charge is -2.04. The molecule has 0 spiro atoms. The summed E-state index contributed by atoms with van der Waals surface area (Å²) < 4.78 is 5.43. The fraction of sp³-hybridized carbons (Fsp3) is 0.400. The van der Waals surface area contributed by atoms with E-state index in [1.165, 1.54) is 0 Å². The molecule has 1 unspecified atom stereocenters. The molecule has 0 radical (unpaired) electrons. The van der Waals surface area contributed by atoms with E-state index in [2.05, 4.69) is 6.08 Å². The fourth-order valence-corrected chi connectivity index (χ4v) is 2.29. The predicted octanol–water partition coefficient (Wildman–Crippen LogP) is 3.41. The van der Waals surface area contributed by atoms with Gasteiger partial charge in [-0.1, -0.05) is 18.2 Å². The van der Waals surface area contributed by atoms with E-state index in [9.17, 15) is 4.79 Å². The molecule has 1 aromatic rings. The minimum absolute atomic E-state index is 0.123. The summed E-state index contributed by atoms with van der Waals surface area (Å²) in [5.74, 6) is 1.18. The van der Waals surface area contributed by atoms with Crippen LogP contribution >= 0.6 is 0 Å². The summed E-state index contributed by atoms with van der Waals surface area (Å²) in [4.78, 5) is 12.2. The van der Waals surface area contributed by atoms with E-state index >= 15 is 0 Å². The Hall–Kier alpha value is -1.57. The number of carbonyl (C=O) groups excluding carboxylic acids is 1. The Bertz CT molecular complexity index is 446. The van der Waals surface area contributed by atoms with Gasteiger partial charge in [0.15, 0.2) is 5.78 Å². The summed E-state index contributed by atoms with van der Waals surface area (Å²) in [5, 5.41) is 0. The number of ketones is 1. The molecule has 1 aromatic carbocycles. The van der Waals surface area contributed by atoms with Crippen molar-refractivity contribution < 1.29 is 9.53 Å². The summed E-state index contributed by atoms with van der Waals surface area (Å²) >= 11 is 0. The second-order valence-corrected chi connectivity index (χ2v) is 4.32. The molecule has 17 heavy (non-hydrogen) atoms. The minimum Gasteiger partial charge on any atom is -0.494 e. The molecule has 1 aliphatic carbocycles. The number of rotatable bonds is 4. The molecule has 0 bridgehead atoms. The van der Waals surface area contributed by atoms with E-state index in [-0.39, 0.29) is 11.7 Å². The minimum atomic E-state index is 0.123. The predicted molar refractivity (Wildman–Crippen MR) is 68.6 cm³/mol. The molecule has 0 saturated carbocycles. The third-order valence-electron chi connectivity index (χ3n) is 3.15. The maximum atomic E-state index is 12.2. The monoisotopic (exact) mass is 230 g/mol.